The van der Waals surface area contributed by atoms with Crippen LogP contribution in [-0.2, 0) is 10.0 Å². The smallest absolute Gasteiger partial charge is 0.254 e. The molecule has 1 aliphatic rings. The van der Waals surface area contributed by atoms with Gasteiger partial charge < -0.3 is 14.7 Å². The largest absolute Gasteiger partial charge is 0.377 e. The first-order valence-corrected chi connectivity index (χ1v) is 10.8. The number of anilines is 2. The Morgan fingerprint density at radius 1 is 1.00 bits per heavy atom. The second-order valence-corrected chi connectivity index (χ2v) is 9.45. The van der Waals surface area contributed by atoms with Gasteiger partial charge in [0.25, 0.3) is 5.91 Å². The molecule has 9 heteroatoms. The maximum Gasteiger partial charge on any atom is 0.254 e. The van der Waals surface area contributed by atoms with E-state index in [1.165, 1.54) is 20.2 Å². The quantitative estimate of drug-likeness (QED) is 0.731. The number of carbonyl (C=O) groups excluding carboxylic acids is 1. The van der Waals surface area contributed by atoms with Crippen LogP contribution in [0.25, 0.3) is 0 Å². The molecule has 1 amide bonds. The maximum absolute atomic E-state index is 13.0. The number of hydrogen-bond donors (Lipinski definition) is 0. The van der Waals surface area contributed by atoms with E-state index in [9.17, 15) is 13.2 Å². The zero-order valence-electron chi connectivity index (χ0n) is 17.2. The van der Waals surface area contributed by atoms with E-state index in [4.69, 9.17) is 0 Å². The van der Waals surface area contributed by atoms with Crippen LogP contribution < -0.4 is 9.80 Å². The van der Waals surface area contributed by atoms with Crippen molar-refractivity contribution in [1.82, 2.24) is 14.2 Å². The van der Waals surface area contributed by atoms with Crippen LogP contribution in [0.15, 0.2) is 47.5 Å². The molecule has 3 rings (SSSR count). The van der Waals surface area contributed by atoms with Gasteiger partial charge in [0.05, 0.1) is 5.69 Å². The number of sulfonamides is 1. The molecule has 8 nitrogen and oxygen atoms in total. The lowest BCUT2D eigenvalue weighted by Crippen LogP contribution is -2.49. The predicted octanol–water partition coefficient (Wildman–Crippen LogP) is 1.36. The second kappa shape index (κ2) is 8.38. The Labute approximate surface area is 172 Å². The van der Waals surface area contributed by atoms with Crippen molar-refractivity contribution < 1.29 is 13.2 Å². The van der Waals surface area contributed by atoms with Crippen molar-refractivity contribution in [1.29, 1.82) is 0 Å². The Morgan fingerprint density at radius 2 is 1.69 bits per heavy atom. The molecule has 0 aliphatic carbocycles. The molecule has 1 aromatic carbocycles. The number of amides is 1. The van der Waals surface area contributed by atoms with Crippen molar-refractivity contribution in [3.05, 3.63) is 48.2 Å². The first-order valence-electron chi connectivity index (χ1n) is 9.41. The van der Waals surface area contributed by atoms with E-state index in [1.807, 2.05) is 18.2 Å². The summed E-state index contributed by atoms with van der Waals surface area (Å²) in [4.78, 5) is 23.2. The molecule has 0 radical (unpaired) electrons. The van der Waals surface area contributed by atoms with E-state index < -0.39 is 10.0 Å². The number of aromatic nitrogens is 1. The van der Waals surface area contributed by atoms with Gasteiger partial charge in [-0.1, -0.05) is 6.07 Å². The fourth-order valence-corrected chi connectivity index (χ4v) is 4.47. The number of carbonyl (C=O) groups is 1. The van der Waals surface area contributed by atoms with Gasteiger partial charge in [0.2, 0.25) is 10.0 Å². The third-order valence-corrected chi connectivity index (χ3v) is 6.83. The van der Waals surface area contributed by atoms with E-state index >= 15 is 0 Å². The Hall–Kier alpha value is -2.65. The fraction of sp³-hybridized carbons (Fsp3) is 0.400. The van der Waals surface area contributed by atoms with Crippen LogP contribution >= 0.6 is 0 Å². The number of benzene rings is 1. The molecule has 2 heterocycles. The van der Waals surface area contributed by atoms with Crippen LogP contribution in [0.5, 0.6) is 0 Å². The first kappa shape index (κ1) is 21.1. The fourth-order valence-electron chi connectivity index (χ4n) is 3.28. The van der Waals surface area contributed by atoms with Crippen molar-refractivity contribution in [3.63, 3.8) is 0 Å². The third kappa shape index (κ3) is 4.35. The molecule has 1 aliphatic heterocycles. The summed E-state index contributed by atoms with van der Waals surface area (Å²) in [6.45, 7) is 2.48. The van der Waals surface area contributed by atoms with Crippen molar-refractivity contribution in [3.8, 4) is 0 Å². The molecule has 0 atom stereocenters. The summed E-state index contributed by atoms with van der Waals surface area (Å²) in [6, 6.07) is 10.6. The summed E-state index contributed by atoms with van der Waals surface area (Å²) < 4.78 is 26.7. The molecule has 156 valence electrons. The van der Waals surface area contributed by atoms with Gasteiger partial charge in [-0.15, -0.1) is 0 Å². The number of piperazine rings is 1. The van der Waals surface area contributed by atoms with Gasteiger partial charge in [-0.3, -0.25) is 4.79 Å². The minimum atomic E-state index is -3.68. The van der Waals surface area contributed by atoms with Crippen molar-refractivity contribution in [2.45, 2.75) is 4.90 Å². The SMILES string of the molecule is CN(C)c1ccc(C(=O)N2CCN(c3ccccn3)CC2)cc1S(=O)(=O)N(C)C. The Bertz CT molecular complexity index is 969. The van der Waals surface area contributed by atoms with Gasteiger partial charge in [-0.2, -0.15) is 0 Å². The summed E-state index contributed by atoms with van der Waals surface area (Å²) in [5.74, 6) is 0.737. The normalized spacial score (nSPS) is 14.9. The molecule has 1 aromatic heterocycles. The monoisotopic (exact) mass is 417 g/mol. The van der Waals surface area contributed by atoms with Crippen LogP contribution in [0.4, 0.5) is 11.5 Å². The predicted molar refractivity (Wildman–Crippen MR) is 114 cm³/mol. The molecule has 1 fully saturated rings. The highest BCUT2D eigenvalue weighted by Gasteiger charge is 2.27. The van der Waals surface area contributed by atoms with E-state index in [0.29, 0.717) is 37.4 Å². The van der Waals surface area contributed by atoms with Gasteiger partial charge in [0.1, 0.15) is 10.7 Å². The summed E-state index contributed by atoms with van der Waals surface area (Å²) in [7, 11) is 2.85. The Morgan fingerprint density at radius 3 is 2.24 bits per heavy atom. The summed E-state index contributed by atoms with van der Waals surface area (Å²) in [5.41, 5.74) is 0.928. The van der Waals surface area contributed by atoms with Crippen LogP contribution in [0.3, 0.4) is 0 Å². The molecule has 0 N–H and O–H groups in total. The Kier molecular flexibility index (Phi) is 6.09. The number of nitrogens with zero attached hydrogens (tertiary/aromatic N) is 5. The van der Waals surface area contributed by atoms with Gasteiger partial charge >= 0.3 is 0 Å². The highest BCUT2D eigenvalue weighted by atomic mass is 32.2. The third-order valence-electron chi connectivity index (χ3n) is 4.99. The maximum atomic E-state index is 13.0. The van der Waals surface area contributed by atoms with E-state index in [-0.39, 0.29) is 10.8 Å². The highest BCUT2D eigenvalue weighted by molar-refractivity contribution is 7.89. The lowest BCUT2D eigenvalue weighted by molar-refractivity contribution is 0.0746. The van der Waals surface area contributed by atoms with Gasteiger partial charge in [0.15, 0.2) is 0 Å². The van der Waals surface area contributed by atoms with E-state index in [0.717, 1.165) is 10.1 Å². The minimum Gasteiger partial charge on any atom is -0.377 e. The molecule has 2 aromatic rings. The van der Waals surface area contributed by atoms with Crippen LogP contribution in [0.2, 0.25) is 0 Å². The lowest BCUT2D eigenvalue weighted by Gasteiger charge is -2.35. The molecule has 1 saturated heterocycles. The van der Waals surface area contributed by atoms with Crippen molar-refractivity contribution >= 4 is 27.4 Å². The zero-order chi connectivity index (χ0) is 21.2. The molecule has 0 saturated carbocycles. The molecular formula is C20H27N5O3S. The van der Waals surface area contributed by atoms with Gasteiger partial charge in [0, 0.05) is 66.1 Å². The van der Waals surface area contributed by atoms with Crippen molar-refractivity contribution in [2.75, 3.05) is 64.2 Å². The first-order chi connectivity index (χ1) is 13.7. The standard InChI is InChI=1S/C20H27N5O3S/c1-22(2)17-9-8-16(15-18(17)29(27,28)23(3)4)20(26)25-13-11-24(12-14-25)19-7-5-6-10-21-19/h5-10,15H,11-14H2,1-4H3. The Balaban J connectivity index is 1.81. The molecule has 0 unspecified atom stereocenters. The van der Waals surface area contributed by atoms with E-state index in [1.54, 1.807) is 42.2 Å². The van der Waals surface area contributed by atoms with E-state index in [2.05, 4.69) is 9.88 Å². The molecule has 29 heavy (non-hydrogen) atoms. The summed E-state index contributed by atoms with van der Waals surface area (Å²) in [6.07, 6.45) is 1.76. The zero-order valence-corrected chi connectivity index (χ0v) is 18.1. The molecular weight excluding hydrogens is 390 g/mol. The van der Waals surface area contributed by atoms with Crippen LogP contribution in [0.1, 0.15) is 10.4 Å². The lowest BCUT2D eigenvalue weighted by atomic mass is 10.1. The summed E-state index contributed by atoms with van der Waals surface area (Å²) in [5, 5.41) is 0. The minimum absolute atomic E-state index is 0.130. The van der Waals surface area contributed by atoms with Gasteiger partial charge in [-0.05, 0) is 30.3 Å². The number of hydrogen-bond acceptors (Lipinski definition) is 6. The average molecular weight is 418 g/mol. The van der Waals surface area contributed by atoms with Crippen LogP contribution in [0, 0.1) is 0 Å². The van der Waals surface area contributed by atoms with Crippen LogP contribution in [-0.4, -0.2) is 82.9 Å². The topological polar surface area (TPSA) is 77.1 Å². The highest BCUT2D eigenvalue weighted by Crippen LogP contribution is 2.28. The number of pyridine rings is 1. The second-order valence-electron chi connectivity index (χ2n) is 7.33. The number of rotatable bonds is 5. The molecule has 0 spiro atoms. The summed E-state index contributed by atoms with van der Waals surface area (Å²) >= 11 is 0. The average Bonchev–Trinajstić information content (AvgIpc) is 2.73. The van der Waals surface area contributed by atoms with Crippen molar-refractivity contribution in [2.24, 2.45) is 0 Å². The molecule has 0 bridgehead atoms. The van der Waals surface area contributed by atoms with Gasteiger partial charge in [-0.25, -0.2) is 17.7 Å².